The predicted octanol–water partition coefficient (Wildman–Crippen LogP) is 1.12. The van der Waals surface area contributed by atoms with E-state index in [1.54, 1.807) is 11.3 Å². The van der Waals surface area contributed by atoms with Crippen molar-refractivity contribution in [3.63, 3.8) is 0 Å². The maximum Gasteiger partial charge on any atom is 0.326 e. The Kier molecular flexibility index (Phi) is 6.31. The standard InChI is InChI=1S/C12H18N2O4S/c1-2-14(8-9-4-3-7-19-9)12(18)13-10(5-6-15)11(16)17/h3-4,7,10,15H,2,5-6,8H2,1H3,(H,13,18)(H,16,17). The van der Waals surface area contributed by atoms with Crippen LogP contribution in [0.1, 0.15) is 18.2 Å². The molecule has 6 nitrogen and oxygen atoms in total. The molecule has 19 heavy (non-hydrogen) atoms. The first-order valence-electron chi connectivity index (χ1n) is 6.00. The monoisotopic (exact) mass is 286 g/mol. The van der Waals surface area contributed by atoms with E-state index in [9.17, 15) is 9.59 Å². The summed E-state index contributed by atoms with van der Waals surface area (Å²) in [6, 6.07) is 2.33. The van der Waals surface area contributed by atoms with Crippen LogP contribution in [-0.2, 0) is 11.3 Å². The molecule has 106 valence electrons. The highest BCUT2D eigenvalue weighted by Crippen LogP contribution is 2.12. The summed E-state index contributed by atoms with van der Waals surface area (Å²) in [5, 5.41) is 22.0. The van der Waals surface area contributed by atoms with Gasteiger partial charge in [-0.2, -0.15) is 0 Å². The van der Waals surface area contributed by atoms with E-state index in [4.69, 9.17) is 10.2 Å². The summed E-state index contributed by atoms with van der Waals surface area (Å²) in [5.41, 5.74) is 0. The molecule has 0 radical (unpaired) electrons. The number of amides is 2. The van der Waals surface area contributed by atoms with E-state index in [1.165, 1.54) is 4.90 Å². The van der Waals surface area contributed by atoms with Crippen LogP contribution in [0.15, 0.2) is 17.5 Å². The second-order valence-electron chi connectivity index (χ2n) is 3.95. The molecule has 0 aromatic carbocycles. The number of hydrogen-bond acceptors (Lipinski definition) is 4. The van der Waals surface area contributed by atoms with Crippen molar-refractivity contribution in [1.29, 1.82) is 0 Å². The lowest BCUT2D eigenvalue weighted by atomic mass is 10.2. The zero-order valence-electron chi connectivity index (χ0n) is 10.7. The molecule has 1 unspecified atom stereocenters. The summed E-state index contributed by atoms with van der Waals surface area (Å²) in [5.74, 6) is -1.14. The highest BCUT2D eigenvalue weighted by molar-refractivity contribution is 7.09. The van der Waals surface area contributed by atoms with Crippen LogP contribution in [0.5, 0.6) is 0 Å². The van der Waals surface area contributed by atoms with Crippen molar-refractivity contribution in [2.24, 2.45) is 0 Å². The number of nitrogens with one attached hydrogen (secondary N) is 1. The number of nitrogens with zero attached hydrogens (tertiary/aromatic N) is 1. The van der Waals surface area contributed by atoms with Crippen LogP contribution in [0.4, 0.5) is 4.79 Å². The summed E-state index contributed by atoms with van der Waals surface area (Å²) in [4.78, 5) is 25.4. The van der Waals surface area contributed by atoms with Gasteiger partial charge in [-0.1, -0.05) is 6.07 Å². The average Bonchev–Trinajstić information content (AvgIpc) is 2.87. The first-order chi connectivity index (χ1) is 9.08. The number of aliphatic carboxylic acids is 1. The average molecular weight is 286 g/mol. The number of carbonyl (C=O) groups is 2. The van der Waals surface area contributed by atoms with Crippen molar-refractivity contribution in [1.82, 2.24) is 10.2 Å². The molecule has 1 rings (SSSR count). The van der Waals surface area contributed by atoms with Gasteiger partial charge in [-0.3, -0.25) is 0 Å². The first kappa shape index (κ1) is 15.5. The van der Waals surface area contributed by atoms with Crippen LogP contribution in [0.25, 0.3) is 0 Å². The third kappa shape index (κ3) is 4.88. The van der Waals surface area contributed by atoms with E-state index < -0.39 is 18.0 Å². The summed E-state index contributed by atoms with van der Waals surface area (Å²) < 4.78 is 0. The van der Waals surface area contributed by atoms with Crippen LogP contribution >= 0.6 is 11.3 Å². The number of aliphatic hydroxyl groups excluding tert-OH is 1. The van der Waals surface area contributed by atoms with Crippen molar-refractivity contribution >= 4 is 23.3 Å². The van der Waals surface area contributed by atoms with Crippen LogP contribution in [-0.4, -0.2) is 46.3 Å². The molecule has 1 heterocycles. The zero-order chi connectivity index (χ0) is 14.3. The maximum absolute atomic E-state index is 12.0. The van der Waals surface area contributed by atoms with Crippen molar-refractivity contribution < 1.29 is 19.8 Å². The molecule has 0 spiro atoms. The van der Waals surface area contributed by atoms with E-state index in [0.717, 1.165) is 4.88 Å². The third-order valence-electron chi connectivity index (χ3n) is 2.61. The smallest absolute Gasteiger partial charge is 0.326 e. The lowest BCUT2D eigenvalue weighted by Gasteiger charge is -2.23. The summed E-state index contributed by atoms with van der Waals surface area (Å²) in [6.45, 7) is 2.48. The molecular weight excluding hydrogens is 268 g/mol. The number of aliphatic hydroxyl groups is 1. The van der Waals surface area contributed by atoms with Crippen molar-refractivity contribution in [3.05, 3.63) is 22.4 Å². The molecule has 7 heteroatoms. The summed E-state index contributed by atoms with van der Waals surface area (Å²) in [6.07, 6.45) is -0.00235. The molecule has 0 aliphatic rings. The number of thiophene rings is 1. The fraction of sp³-hybridized carbons (Fsp3) is 0.500. The van der Waals surface area contributed by atoms with Gasteiger partial charge in [0.25, 0.3) is 0 Å². The van der Waals surface area contributed by atoms with Gasteiger partial charge in [-0.25, -0.2) is 9.59 Å². The third-order valence-corrected chi connectivity index (χ3v) is 3.47. The Bertz CT molecular complexity index is 408. The second-order valence-corrected chi connectivity index (χ2v) is 4.98. The van der Waals surface area contributed by atoms with Crippen LogP contribution in [0.3, 0.4) is 0 Å². The van der Waals surface area contributed by atoms with Gasteiger partial charge in [-0.05, 0) is 18.4 Å². The van der Waals surface area contributed by atoms with Gasteiger partial charge in [0.1, 0.15) is 6.04 Å². The summed E-state index contributed by atoms with van der Waals surface area (Å²) in [7, 11) is 0. The summed E-state index contributed by atoms with van der Waals surface area (Å²) >= 11 is 1.54. The zero-order valence-corrected chi connectivity index (χ0v) is 11.5. The van der Waals surface area contributed by atoms with Gasteiger partial charge < -0.3 is 20.4 Å². The Morgan fingerprint density at radius 2 is 2.26 bits per heavy atom. The second kappa shape index (κ2) is 7.75. The number of carbonyl (C=O) groups excluding carboxylic acids is 1. The number of urea groups is 1. The maximum atomic E-state index is 12.0. The van der Waals surface area contributed by atoms with Gasteiger partial charge in [-0.15, -0.1) is 11.3 Å². The normalized spacial score (nSPS) is 11.9. The first-order valence-corrected chi connectivity index (χ1v) is 6.88. The Morgan fingerprint density at radius 3 is 2.74 bits per heavy atom. The molecule has 1 atom stereocenters. The van der Waals surface area contributed by atoms with Crippen molar-refractivity contribution in [3.8, 4) is 0 Å². The highest BCUT2D eigenvalue weighted by atomic mass is 32.1. The minimum atomic E-state index is -1.14. The fourth-order valence-electron chi connectivity index (χ4n) is 1.54. The predicted molar refractivity (Wildman–Crippen MR) is 72.1 cm³/mol. The molecule has 0 fully saturated rings. The van der Waals surface area contributed by atoms with E-state index >= 15 is 0 Å². The van der Waals surface area contributed by atoms with Crippen molar-refractivity contribution in [2.45, 2.75) is 25.9 Å². The minimum Gasteiger partial charge on any atom is -0.480 e. The molecule has 3 N–H and O–H groups in total. The molecule has 0 aliphatic carbocycles. The topological polar surface area (TPSA) is 89.9 Å². The number of carboxylic acids is 1. The van der Waals surface area contributed by atoms with Crippen LogP contribution in [0, 0.1) is 0 Å². The molecule has 0 saturated heterocycles. The van der Waals surface area contributed by atoms with E-state index in [1.807, 2.05) is 24.4 Å². The Hall–Kier alpha value is -1.60. The number of hydrogen-bond donors (Lipinski definition) is 3. The SMILES string of the molecule is CCN(Cc1cccs1)C(=O)NC(CCO)C(=O)O. The molecule has 1 aromatic rings. The van der Waals surface area contributed by atoms with Gasteiger partial charge >= 0.3 is 12.0 Å². The van der Waals surface area contributed by atoms with E-state index in [2.05, 4.69) is 5.32 Å². The lowest BCUT2D eigenvalue weighted by molar-refractivity contribution is -0.139. The molecular formula is C12H18N2O4S. The van der Waals surface area contributed by atoms with Crippen LogP contribution < -0.4 is 5.32 Å². The highest BCUT2D eigenvalue weighted by Gasteiger charge is 2.22. The minimum absolute atomic E-state index is 0.00235. The number of rotatable bonds is 7. The van der Waals surface area contributed by atoms with Crippen LogP contribution in [0.2, 0.25) is 0 Å². The van der Waals surface area contributed by atoms with E-state index in [0.29, 0.717) is 13.1 Å². The van der Waals surface area contributed by atoms with Crippen molar-refractivity contribution in [2.75, 3.05) is 13.2 Å². The molecule has 0 aliphatic heterocycles. The Labute approximate surface area is 115 Å². The Balaban J connectivity index is 2.59. The van der Waals surface area contributed by atoms with Gasteiger partial charge in [0.2, 0.25) is 0 Å². The largest absolute Gasteiger partial charge is 0.480 e. The van der Waals surface area contributed by atoms with Gasteiger partial charge in [0.15, 0.2) is 0 Å². The van der Waals surface area contributed by atoms with E-state index in [-0.39, 0.29) is 13.0 Å². The molecule has 0 saturated carbocycles. The molecule has 0 bridgehead atoms. The Morgan fingerprint density at radius 1 is 1.53 bits per heavy atom. The molecule has 1 aromatic heterocycles. The van der Waals surface area contributed by atoms with Gasteiger partial charge in [0, 0.05) is 24.4 Å². The lowest BCUT2D eigenvalue weighted by Crippen LogP contribution is -2.47. The molecule has 2 amide bonds. The number of carboxylic acid groups (broad SMARTS) is 1. The quantitative estimate of drug-likeness (QED) is 0.700. The van der Waals surface area contributed by atoms with Gasteiger partial charge in [0.05, 0.1) is 6.54 Å². The fourth-order valence-corrected chi connectivity index (χ4v) is 2.26.